The van der Waals surface area contributed by atoms with E-state index in [-0.39, 0.29) is 30.9 Å². The third-order valence-corrected chi connectivity index (χ3v) is 11.3. The summed E-state index contributed by atoms with van der Waals surface area (Å²) in [6, 6.07) is 1.56. The summed E-state index contributed by atoms with van der Waals surface area (Å²) in [5.41, 5.74) is -0.434. The van der Waals surface area contributed by atoms with Gasteiger partial charge in [-0.15, -0.1) is 0 Å². The molecule has 0 aromatic carbocycles. The van der Waals surface area contributed by atoms with Gasteiger partial charge >= 0.3 is 0 Å². The number of rotatable bonds is 20. The molecule has 11 atom stereocenters. The largest absolute Gasteiger partial charge is 0.489 e. The lowest BCUT2D eigenvalue weighted by atomic mass is 9.71. The zero-order valence-corrected chi connectivity index (χ0v) is 36.8. The van der Waals surface area contributed by atoms with Crippen molar-refractivity contribution in [1.82, 2.24) is 9.88 Å². The summed E-state index contributed by atoms with van der Waals surface area (Å²) in [4.78, 5) is 39.3. The molecule has 14 nitrogen and oxygen atoms in total. The summed E-state index contributed by atoms with van der Waals surface area (Å²) >= 11 is 0. The second-order valence-corrected chi connectivity index (χ2v) is 16.0. The number of nitrogens with zero attached hydrogens (tertiary/aromatic N) is 1. The van der Waals surface area contributed by atoms with Crippen LogP contribution in [0.15, 0.2) is 114 Å². The number of hydrogen-bond donors (Lipinski definition) is 6. The van der Waals surface area contributed by atoms with Gasteiger partial charge in [-0.2, -0.15) is 0 Å². The van der Waals surface area contributed by atoms with Crippen molar-refractivity contribution in [3.8, 4) is 5.75 Å². The molecule has 0 radical (unpaired) electrons. The summed E-state index contributed by atoms with van der Waals surface area (Å²) in [5.74, 6) is -4.81. The minimum Gasteiger partial charge on any atom is -0.489 e. The van der Waals surface area contributed by atoms with Crippen LogP contribution in [0.3, 0.4) is 0 Å². The molecule has 0 spiro atoms. The summed E-state index contributed by atoms with van der Waals surface area (Å²) < 4.78 is 24.7. The van der Waals surface area contributed by atoms with Crippen molar-refractivity contribution >= 4 is 11.7 Å². The number of pyridine rings is 1. The smallest absolute Gasteiger partial charge is 0.265 e. The lowest BCUT2D eigenvalue weighted by molar-refractivity contribution is -0.359. The molecule has 2 aliphatic rings. The molecule has 1 aromatic rings. The fraction of sp³-hybridized carbons (Fsp3) is 0.511. The molecule has 14 heteroatoms. The molecule has 0 aliphatic carbocycles. The molecule has 2 saturated heterocycles. The Hall–Kier alpha value is -4.51. The van der Waals surface area contributed by atoms with Gasteiger partial charge in [0.25, 0.3) is 5.56 Å². The van der Waals surface area contributed by atoms with E-state index in [4.69, 9.17) is 18.9 Å². The predicted molar refractivity (Wildman–Crippen MR) is 234 cm³/mol. The molecule has 336 valence electrons. The van der Waals surface area contributed by atoms with Crippen LogP contribution in [0, 0.1) is 17.3 Å². The Balaban J connectivity index is 1.62. The van der Waals surface area contributed by atoms with E-state index >= 15 is 0 Å². The van der Waals surface area contributed by atoms with Gasteiger partial charge in [-0.3, -0.25) is 14.4 Å². The number of carbonyl (C=O) groups is 2. The quantitative estimate of drug-likeness (QED) is 0.0478. The number of aliphatic hydroxyl groups excluding tert-OH is 4. The van der Waals surface area contributed by atoms with Crippen LogP contribution in [0.1, 0.15) is 65.2 Å². The molecule has 3 rings (SSSR count). The Morgan fingerprint density at radius 1 is 1.02 bits per heavy atom. The first-order valence-electron chi connectivity index (χ1n) is 20.5. The average molecular weight is 851 g/mol. The van der Waals surface area contributed by atoms with Crippen molar-refractivity contribution in [2.45, 2.75) is 110 Å². The summed E-state index contributed by atoms with van der Waals surface area (Å²) in [7, 11) is 3.08. The second-order valence-electron chi connectivity index (χ2n) is 16.0. The highest BCUT2D eigenvalue weighted by molar-refractivity contribution is 6.10. The van der Waals surface area contributed by atoms with Crippen molar-refractivity contribution in [1.29, 1.82) is 0 Å². The third kappa shape index (κ3) is 12.1. The first-order chi connectivity index (χ1) is 28.8. The van der Waals surface area contributed by atoms with Gasteiger partial charge in [0.15, 0.2) is 5.78 Å². The lowest BCUT2D eigenvalue weighted by Crippen LogP contribution is -2.69. The number of nitrogens with one attached hydrogen (secondary N) is 1. The molecule has 6 N–H and O–H groups in total. The van der Waals surface area contributed by atoms with Crippen molar-refractivity contribution in [2.75, 3.05) is 20.3 Å². The van der Waals surface area contributed by atoms with Gasteiger partial charge in [0.1, 0.15) is 42.3 Å². The monoisotopic (exact) mass is 850 g/mol. The fourth-order valence-corrected chi connectivity index (χ4v) is 7.52. The number of carbonyl (C=O) groups excluding carboxylic acids is 2. The topological polar surface area (TPSA) is 206 Å². The van der Waals surface area contributed by atoms with Gasteiger partial charge in [0, 0.05) is 38.2 Å². The van der Waals surface area contributed by atoms with E-state index in [1.807, 2.05) is 26.8 Å². The van der Waals surface area contributed by atoms with Crippen molar-refractivity contribution < 1.29 is 54.1 Å². The van der Waals surface area contributed by atoms with Crippen LogP contribution >= 0.6 is 0 Å². The van der Waals surface area contributed by atoms with E-state index in [1.165, 1.54) is 23.9 Å². The van der Waals surface area contributed by atoms with Gasteiger partial charge in [0.2, 0.25) is 11.7 Å². The molecule has 0 saturated carbocycles. The highest BCUT2D eigenvalue weighted by Crippen LogP contribution is 2.44. The summed E-state index contributed by atoms with van der Waals surface area (Å²) in [6.45, 7) is 16.1. The SMILES string of the molecule is C=CCOc1ccn(C)c(=O)c1C(=O)/C(C)=C/C=C/C=C/[C@H]1O[C@@H]([C@H](C)[C@H](OC)/C(C)=C/C=C/CNC(=O)[C@@H](CC)[C@@]2(O)O[C@@H](/C=C/C=C\C)C(C)(C)[C@@H](O)[C@H]2O)[C@@H](O)[C@H]1O. The van der Waals surface area contributed by atoms with Gasteiger partial charge < -0.3 is 54.4 Å². The highest BCUT2D eigenvalue weighted by Gasteiger charge is 2.60. The van der Waals surface area contributed by atoms with E-state index in [9.17, 15) is 39.9 Å². The van der Waals surface area contributed by atoms with Crippen molar-refractivity contribution in [3.63, 3.8) is 0 Å². The van der Waals surface area contributed by atoms with E-state index in [0.29, 0.717) is 5.57 Å². The average Bonchev–Trinajstić information content (AvgIpc) is 3.51. The minimum absolute atomic E-state index is 0.0789. The minimum atomic E-state index is -2.34. The number of ketones is 1. The highest BCUT2D eigenvalue weighted by atomic mass is 16.7. The zero-order valence-electron chi connectivity index (χ0n) is 36.8. The first-order valence-corrected chi connectivity index (χ1v) is 20.5. The maximum absolute atomic E-state index is 13.3. The number of aliphatic hydroxyl groups is 5. The number of allylic oxidation sites excluding steroid dienone is 10. The molecule has 2 aliphatic heterocycles. The van der Waals surface area contributed by atoms with Crippen LogP contribution in [0.5, 0.6) is 5.75 Å². The third-order valence-electron chi connectivity index (χ3n) is 11.3. The number of ether oxygens (including phenoxy) is 4. The lowest BCUT2D eigenvalue weighted by Gasteiger charge is -2.53. The van der Waals surface area contributed by atoms with Crippen molar-refractivity contribution in [2.24, 2.45) is 24.3 Å². The number of Topliss-reactive ketones (excluding diaryl/α,β-unsaturated/α-hetero) is 1. The number of methoxy groups -OCH3 is 1. The molecule has 1 amide bonds. The van der Waals surface area contributed by atoms with Gasteiger partial charge in [-0.05, 0) is 44.4 Å². The van der Waals surface area contributed by atoms with Crippen LogP contribution in [0.25, 0.3) is 0 Å². The Morgan fingerprint density at radius 3 is 2.34 bits per heavy atom. The molecule has 3 heterocycles. The standard InChI is InChI=1S/C47H66N2O12/c1-11-14-16-24-35-46(7,8)42(53)43(54)47(57,61-35)32(13-3)44(55)48-26-20-19-22-30(5)40(58-10)31(6)41-39(52)38(51)34(60-41)23-18-15-17-21-29(4)37(50)36-33(59-28-12-2)25-27-49(9)45(36)56/h11-12,14-25,27,31-32,34-35,38-43,51-54,57H,2,13,26,28H2,1,3-10H3,(H,48,55)/b14-11-,17-15+,20-19+,23-18+,24-16+,29-21+,30-22+/t31-,32-,34-,35+,38+,39+,40-,41+,42+,43-,47-/m1/s1. The molecule has 0 unspecified atom stereocenters. The van der Waals surface area contributed by atoms with Crippen LogP contribution in [0.4, 0.5) is 0 Å². The molecule has 61 heavy (non-hydrogen) atoms. The van der Waals surface area contributed by atoms with Gasteiger partial charge in [-0.1, -0.05) is 113 Å². The van der Waals surface area contributed by atoms with Gasteiger partial charge in [0.05, 0.1) is 30.3 Å². The summed E-state index contributed by atoms with van der Waals surface area (Å²) in [6.07, 6.45) is 14.9. The van der Waals surface area contributed by atoms with Gasteiger partial charge in [-0.25, -0.2) is 0 Å². The first kappa shape index (κ1) is 50.8. The second kappa shape index (κ2) is 23.1. The fourth-order valence-electron chi connectivity index (χ4n) is 7.52. The Kier molecular flexibility index (Phi) is 19.2. The molecule has 0 bridgehead atoms. The van der Waals surface area contributed by atoms with Crippen molar-refractivity contribution in [3.05, 3.63) is 125 Å². The van der Waals surface area contributed by atoms with E-state index in [1.54, 1.807) is 108 Å². The van der Waals surface area contributed by atoms with E-state index in [2.05, 4.69) is 11.9 Å². The predicted octanol–water partition coefficient (Wildman–Crippen LogP) is 3.94. The number of aryl methyl sites for hydroxylation is 1. The number of aromatic nitrogens is 1. The van der Waals surface area contributed by atoms with E-state index < -0.39 is 89.1 Å². The van der Waals surface area contributed by atoms with Crippen LogP contribution in [-0.2, 0) is 26.1 Å². The van der Waals surface area contributed by atoms with Crippen LogP contribution < -0.4 is 15.6 Å². The number of amides is 1. The maximum Gasteiger partial charge on any atom is 0.265 e. The molecule has 1 aromatic heterocycles. The number of hydrogen-bond acceptors (Lipinski definition) is 12. The Morgan fingerprint density at radius 2 is 1.70 bits per heavy atom. The molecular formula is C47H66N2O12. The molecule has 2 fully saturated rings. The normalized spacial score (nSPS) is 28.9. The van der Waals surface area contributed by atoms with Crippen LogP contribution in [-0.4, -0.2) is 117 Å². The Bertz CT molecular complexity index is 1940. The summed E-state index contributed by atoms with van der Waals surface area (Å²) in [5, 5.41) is 58.1. The van der Waals surface area contributed by atoms with E-state index in [0.717, 1.165) is 5.57 Å². The van der Waals surface area contributed by atoms with Crippen LogP contribution in [0.2, 0.25) is 0 Å². The molecular weight excluding hydrogens is 785 g/mol. The maximum atomic E-state index is 13.3. The zero-order chi connectivity index (χ0) is 45.7. The Labute approximate surface area is 359 Å².